The summed E-state index contributed by atoms with van der Waals surface area (Å²) in [4.78, 5) is 9.48. The van der Waals surface area contributed by atoms with Gasteiger partial charge in [-0.1, -0.05) is 6.07 Å². The molecule has 0 aromatic heterocycles. The summed E-state index contributed by atoms with van der Waals surface area (Å²) in [6, 6.07) is 6.29. The van der Waals surface area contributed by atoms with Gasteiger partial charge in [0.1, 0.15) is 11.9 Å². The van der Waals surface area contributed by atoms with Crippen molar-refractivity contribution in [3.05, 3.63) is 35.1 Å². The molecule has 0 bridgehead atoms. The first-order valence-corrected chi connectivity index (χ1v) is 4.25. The van der Waals surface area contributed by atoms with Crippen molar-refractivity contribution in [2.75, 3.05) is 6.61 Å². The summed E-state index contributed by atoms with van der Waals surface area (Å²) >= 11 is 0. The van der Waals surface area contributed by atoms with Crippen molar-refractivity contribution >= 4 is 7.48 Å². The summed E-state index contributed by atoms with van der Waals surface area (Å²) in [7, 11) is 0.455. The van der Waals surface area contributed by atoms with Crippen molar-refractivity contribution in [3.63, 3.8) is 0 Å². The molecule has 1 fully saturated rings. The zero-order valence-electron chi connectivity index (χ0n) is 7.37. The number of rotatable bonds is 1. The highest BCUT2D eigenvalue weighted by molar-refractivity contribution is 6.30. The molecule has 14 heavy (non-hydrogen) atoms. The highest BCUT2D eigenvalue weighted by Gasteiger charge is 2.22. The van der Waals surface area contributed by atoms with Crippen LogP contribution in [0, 0.1) is 17.1 Å². The molecule has 1 aromatic carbocycles. The van der Waals surface area contributed by atoms with Gasteiger partial charge in [0.25, 0.3) is 0 Å². The second-order valence-corrected chi connectivity index (χ2v) is 3.12. The molecule has 1 saturated heterocycles. The van der Waals surface area contributed by atoms with Gasteiger partial charge in [-0.3, -0.25) is 4.89 Å². The molecule has 0 spiro atoms. The Hall–Kier alpha value is -1.38. The Labute approximate surface area is 81.3 Å². The molecule has 2 rings (SSSR count). The predicted molar refractivity (Wildman–Crippen MR) is 48.0 cm³/mol. The third kappa shape index (κ3) is 1.62. The maximum atomic E-state index is 13.0. The maximum absolute atomic E-state index is 13.0. The summed E-state index contributed by atoms with van der Waals surface area (Å²) in [6.45, 7) is 0.455. The highest BCUT2D eigenvalue weighted by Crippen LogP contribution is 2.21. The van der Waals surface area contributed by atoms with E-state index in [9.17, 15) is 4.39 Å². The van der Waals surface area contributed by atoms with Crippen molar-refractivity contribution in [1.29, 1.82) is 5.26 Å². The van der Waals surface area contributed by atoms with Gasteiger partial charge in [-0.05, 0) is 17.7 Å². The van der Waals surface area contributed by atoms with Crippen LogP contribution in [0.25, 0.3) is 0 Å². The molecule has 1 atom stereocenters. The van der Waals surface area contributed by atoms with Gasteiger partial charge >= 0.3 is 7.48 Å². The molecule has 0 amide bonds. The normalized spacial score (nSPS) is 20.1. The van der Waals surface area contributed by atoms with E-state index in [0.717, 1.165) is 5.56 Å². The minimum Gasteiger partial charge on any atom is -0.309 e. The fraction of sp³-hybridized carbons (Fsp3) is 0.222. The molecular formula is C9H7BFNO2. The third-order valence-electron chi connectivity index (χ3n) is 2.20. The molecule has 0 saturated carbocycles. The van der Waals surface area contributed by atoms with Crippen molar-refractivity contribution in [1.82, 2.24) is 0 Å². The quantitative estimate of drug-likeness (QED) is 0.492. The van der Waals surface area contributed by atoms with Crippen molar-refractivity contribution in [2.45, 2.75) is 5.82 Å². The van der Waals surface area contributed by atoms with Crippen molar-refractivity contribution in [3.8, 4) is 6.07 Å². The molecule has 1 aromatic rings. The van der Waals surface area contributed by atoms with E-state index in [1.54, 1.807) is 12.1 Å². The smallest absolute Gasteiger partial charge is 0.309 e. The van der Waals surface area contributed by atoms with E-state index in [2.05, 4.69) is 0 Å². The molecule has 0 radical (unpaired) electrons. The Kier molecular flexibility index (Phi) is 2.48. The summed E-state index contributed by atoms with van der Waals surface area (Å²) in [5.74, 6) is -0.390. The topological polar surface area (TPSA) is 42.2 Å². The largest absolute Gasteiger partial charge is 0.333 e. The first-order valence-electron chi connectivity index (χ1n) is 4.25. The summed E-state index contributed by atoms with van der Waals surface area (Å²) < 4.78 is 13.0. The molecule has 70 valence electrons. The van der Waals surface area contributed by atoms with Crippen LogP contribution < -0.4 is 0 Å². The number of halogens is 1. The van der Waals surface area contributed by atoms with Crippen LogP contribution in [0.2, 0.25) is 0 Å². The number of benzene rings is 1. The van der Waals surface area contributed by atoms with Gasteiger partial charge in [-0.25, -0.2) is 4.39 Å². The molecule has 0 N–H and O–H groups in total. The molecule has 1 aliphatic heterocycles. The lowest BCUT2D eigenvalue weighted by Crippen LogP contribution is -2.05. The second-order valence-electron chi connectivity index (χ2n) is 3.12. The molecule has 3 nitrogen and oxygen atoms in total. The standard InChI is InChI=1S/C9H7BFNO2/c11-9-2-1-6(3-7(9)4-12)8-5-13-14-10-8/h1-3,8,10H,5H2. The van der Waals surface area contributed by atoms with Crippen molar-refractivity contribution in [2.24, 2.45) is 0 Å². The first kappa shape index (κ1) is 9.19. The number of hydrogen-bond donors (Lipinski definition) is 0. The Balaban J connectivity index is 2.31. The Morgan fingerprint density at radius 2 is 2.43 bits per heavy atom. The molecule has 1 unspecified atom stereocenters. The van der Waals surface area contributed by atoms with E-state index in [4.69, 9.17) is 15.0 Å². The molecule has 1 heterocycles. The van der Waals surface area contributed by atoms with E-state index in [1.165, 1.54) is 12.1 Å². The van der Waals surface area contributed by atoms with Crippen LogP contribution in [0.15, 0.2) is 18.2 Å². The highest BCUT2D eigenvalue weighted by atomic mass is 19.1. The number of nitrogens with zero attached hydrogens (tertiary/aromatic N) is 1. The lowest BCUT2D eigenvalue weighted by atomic mass is 9.76. The molecule has 1 aliphatic rings. The van der Waals surface area contributed by atoms with Gasteiger partial charge in [0.15, 0.2) is 0 Å². The first-order chi connectivity index (χ1) is 6.81. The SMILES string of the molecule is N#Cc1cc(C2BOOC2)ccc1F. The van der Waals surface area contributed by atoms with E-state index in [0.29, 0.717) is 14.1 Å². The lowest BCUT2D eigenvalue weighted by Gasteiger charge is -2.05. The van der Waals surface area contributed by atoms with Crippen LogP contribution in [0.4, 0.5) is 4.39 Å². The van der Waals surface area contributed by atoms with Crippen LogP contribution in [0.5, 0.6) is 0 Å². The Bertz CT molecular complexity index is 385. The zero-order valence-corrected chi connectivity index (χ0v) is 7.37. The van der Waals surface area contributed by atoms with Crippen LogP contribution in [0.3, 0.4) is 0 Å². The van der Waals surface area contributed by atoms with Crippen LogP contribution in [-0.2, 0) is 9.69 Å². The van der Waals surface area contributed by atoms with Crippen molar-refractivity contribution < 1.29 is 14.1 Å². The van der Waals surface area contributed by atoms with Gasteiger partial charge < -0.3 is 4.81 Å². The average Bonchev–Trinajstić information content (AvgIpc) is 2.71. The molecule has 0 aliphatic carbocycles. The summed E-state index contributed by atoms with van der Waals surface area (Å²) in [5.41, 5.74) is 0.940. The fourth-order valence-electron chi connectivity index (χ4n) is 1.38. The van der Waals surface area contributed by atoms with Gasteiger partial charge in [-0.2, -0.15) is 5.26 Å². The average molecular weight is 191 g/mol. The summed E-state index contributed by atoms with van der Waals surface area (Å²) in [5, 5.41) is 8.63. The van der Waals surface area contributed by atoms with E-state index in [-0.39, 0.29) is 11.4 Å². The van der Waals surface area contributed by atoms with E-state index >= 15 is 0 Å². The summed E-state index contributed by atoms with van der Waals surface area (Å²) in [6.07, 6.45) is 0. The Morgan fingerprint density at radius 1 is 1.57 bits per heavy atom. The monoisotopic (exact) mass is 191 g/mol. The molecule has 5 heteroatoms. The predicted octanol–water partition coefficient (Wildman–Crippen LogP) is 1.05. The number of hydrogen-bond acceptors (Lipinski definition) is 3. The second kappa shape index (κ2) is 3.78. The fourth-order valence-corrected chi connectivity index (χ4v) is 1.38. The molecular weight excluding hydrogens is 184 g/mol. The maximum Gasteiger partial charge on any atom is 0.333 e. The van der Waals surface area contributed by atoms with Gasteiger partial charge in [0.2, 0.25) is 0 Å². The zero-order chi connectivity index (χ0) is 9.97. The number of nitriles is 1. The lowest BCUT2D eigenvalue weighted by molar-refractivity contribution is -0.183. The Morgan fingerprint density at radius 3 is 3.07 bits per heavy atom. The third-order valence-corrected chi connectivity index (χ3v) is 2.20. The van der Waals surface area contributed by atoms with Gasteiger partial charge in [0.05, 0.1) is 12.2 Å². The minimum absolute atomic E-state index is 0.0643. The minimum atomic E-state index is -0.490. The van der Waals surface area contributed by atoms with E-state index < -0.39 is 5.82 Å². The van der Waals surface area contributed by atoms with Crippen LogP contribution >= 0.6 is 0 Å². The van der Waals surface area contributed by atoms with Crippen LogP contribution in [-0.4, -0.2) is 14.1 Å². The van der Waals surface area contributed by atoms with Crippen LogP contribution in [0.1, 0.15) is 16.9 Å². The van der Waals surface area contributed by atoms with Gasteiger partial charge in [0, 0.05) is 5.82 Å². The van der Waals surface area contributed by atoms with E-state index in [1.807, 2.05) is 0 Å². The van der Waals surface area contributed by atoms with Gasteiger partial charge in [-0.15, -0.1) is 0 Å².